The van der Waals surface area contributed by atoms with Crippen molar-refractivity contribution in [3.63, 3.8) is 0 Å². The Morgan fingerprint density at radius 2 is 1.76 bits per heavy atom. The average molecular weight is 570 g/mol. The molecule has 0 saturated carbocycles. The molecule has 3 aliphatic heterocycles. The molecule has 0 aromatic heterocycles. The third-order valence-electron chi connectivity index (χ3n) is 8.20. The number of aliphatic carboxylic acids is 1. The van der Waals surface area contributed by atoms with E-state index in [9.17, 15) is 30.0 Å². The molecule has 222 valence electrons. The zero-order valence-electron chi connectivity index (χ0n) is 23.7. The lowest BCUT2D eigenvalue weighted by Gasteiger charge is -2.35. The first-order valence-corrected chi connectivity index (χ1v) is 14.1. The van der Waals surface area contributed by atoms with Gasteiger partial charge in [-0.05, 0) is 41.3 Å². The number of ether oxygens (including phenoxy) is 2. The Balaban J connectivity index is 1.35. The molecule has 2 saturated heterocycles. The number of phenolic OH excluding ortho intramolecular Hbond substituents is 1. The van der Waals surface area contributed by atoms with Gasteiger partial charge in [0, 0.05) is 58.3 Å². The van der Waals surface area contributed by atoms with Gasteiger partial charge in [-0.15, -0.1) is 0 Å². The van der Waals surface area contributed by atoms with E-state index in [-0.39, 0.29) is 35.3 Å². The highest BCUT2D eigenvalue weighted by atomic mass is 16.7. The summed E-state index contributed by atoms with van der Waals surface area (Å²) in [6.45, 7) is 9.65. The minimum absolute atomic E-state index is 0.0151. The highest BCUT2D eigenvalue weighted by molar-refractivity contribution is 5.98. The number of phenols is 1. The maximum atomic E-state index is 13.9. The number of benzene rings is 2. The van der Waals surface area contributed by atoms with E-state index in [1.54, 1.807) is 11.0 Å². The number of carboxylic acids is 1. The van der Waals surface area contributed by atoms with Gasteiger partial charge in [-0.2, -0.15) is 0 Å². The molecule has 0 bridgehead atoms. The van der Waals surface area contributed by atoms with Crippen molar-refractivity contribution in [3.8, 4) is 11.5 Å². The number of carbonyl (C=O) groups excluding carboxylic acids is 1. The molecular formula is C30H39N3O8. The van der Waals surface area contributed by atoms with Crippen molar-refractivity contribution in [2.45, 2.75) is 70.4 Å². The van der Waals surface area contributed by atoms with Crippen LogP contribution in [-0.4, -0.2) is 105 Å². The van der Waals surface area contributed by atoms with Crippen LogP contribution >= 0.6 is 0 Å². The van der Waals surface area contributed by atoms with Gasteiger partial charge >= 0.3 is 5.97 Å². The van der Waals surface area contributed by atoms with Crippen LogP contribution in [0.2, 0.25) is 0 Å². The molecular weight excluding hydrogens is 530 g/mol. The third-order valence-corrected chi connectivity index (χ3v) is 8.20. The molecule has 3 heterocycles. The van der Waals surface area contributed by atoms with Crippen LogP contribution in [-0.2, 0) is 29.2 Å². The Hall–Kier alpha value is -3.22. The number of aliphatic hydroxyl groups excluding tert-OH is 2. The average Bonchev–Trinajstić information content (AvgIpc) is 3.35. The molecule has 41 heavy (non-hydrogen) atoms. The predicted molar refractivity (Wildman–Crippen MR) is 149 cm³/mol. The van der Waals surface area contributed by atoms with Gasteiger partial charge in [0.05, 0.1) is 11.7 Å². The minimum atomic E-state index is -1.69. The van der Waals surface area contributed by atoms with Crippen LogP contribution in [0.4, 0.5) is 0 Å². The summed E-state index contributed by atoms with van der Waals surface area (Å²) < 4.78 is 11.3. The Bertz CT molecular complexity index is 1290. The highest BCUT2D eigenvalue weighted by Gasteiger charge is 2.42. The fourth-order valence-corrected chi connectivity index (χ4v) is 5.70. The Morgan fingerprint density at radius 3 is 2.44 bits per heavy atom. The quantitative estimate of drug-likeness (QED) is 0.389. The summed E-state index contributed by atoms with van der Waals surface area (Å²) >= 11 is 0. The lowest BCUT2D eigenvalue weighted by atomic mass is 9.98. The zero-order chi connectivity index (χ0) is 29.4. The number of aromatic hydroxyl groups is 1. The molecule has 11 nitrogen and oxygen atoms in total. The third kappa shape index (κ3) is 6.34. The summed E-state index contributed by atoms with van der Waals surface area (Å²) in [5.74, 6) is -1.88. The van der Waals surface area contributed by atoms with Crippen molar-refractivity contribution < 1.29 is 39.5 Å². The molecule has 2 aromatic rings. The molecule has 1 amide bonds. The topological polar surface area (TPSA) is 143 Å². The van der Waals surface area contributed by atoms with Crippen LogP contribution in [0.3, 0.4) is 0 Å². The SMILES string of the molecule is CC(C)c1cc(C(=O)N2Cc3ccc(CN4CCN(C)CC4)cc3C2)c(OC2CC(O)[C@H](O)C(C(=O)O)O2)cc1O. The van der Waals surface area contributed by atoms with Crippen LogP contribution in [0.5, 0.6) is 11.5 Å². The second-order valence-corrected chi connectivity index (χ2v) is 11.6. The van der Waals surface area contributed by atoms with E-state index >= 15 is 0 Å². The Morgan fingerprint density at radius 1 is 1.05 bits per heavy atom. The first-order chi connectivity index (χ1) is 19.5. The molecule has 2 aromatic carbocycles. The lowest BCUT2D eigenvalue weighted by Crippen LogP contribution is -2.53. The van der Waals surface area contributed by atoms with Gasteiger partial charge in [0.1, 0.15) is 17.6 Å². The summed E-state index contributed by atoms with van der Waals surface area (Å²) in [5, 5.41) is 40.3. The van der Waals surface area contributed by atoms with Crippen LogP contribution in [0, 0.1) is 0 Å². The maximum absolute atomic E-state index is 13.9. The van der Waals surface area contributed by atoms with Gasteiger partial charge in [0.2, 0.25) is 6.29 Å². The molecule has 0 spiro atoms. The fraction of sp³-hybridized carbons (Fsp3) is 0.533. The number of rotatable bonds is 7. The molecule has 5 rings (SSSR count). The van der Waals surface area contributed by atoms with E-state index in [0.717, 1.165) is 43.9 Å². The smallest absolute Gasteiger partial charge is 0.335 e. The van der Waals surface area contributed by atoms with Crippen LogP contribution in [0.15, 0.2) is 30.3 Å². The van der Waals surface area contributed by atoms with Crippen LogP contribution in [0.1, 0.15) is 58.8 Å². The second-order valence-electron chi connectivity index (χ2n) is 11.6. The van der Waals surface area contributed by atoms with E-state index in [4.69, 9.17) is 9.47 Å². The summed E-state index contributed by atoms with van der Waals surface area (Å²) in [6.07, 6.45) is -6.17. The Kier molecular flexibility index (Phi) is 8.53. The summed E-state index contributed by atoms with van der Waals surface area (Å²) in [4.78, 5) is 31.9. The number of fused-ring (bicyclic) bond motifs is 1. The standard InChI is InChI=1S/C30H39N3O8/c1-17(2)21-11-22(25(12-23(21)34)40-26-13-24(35)27(36)28(41-26)30(38)39)29(37)33-15-19-5-4-18(10-20(19)16-33)14-32-8-6-31(3)7-9-32/h4-5,10-12,17,24,26-28,34-36H,6-9,13-16H2,1-3H3,(H,38,39)/t24?,26?,27-,28?/m0/s1. The van der Waals surface area contributed by atoms with Crippen molar-refractivity contribution in [1.82, 2.24) is 14.7 Å². The maximum Gasteiger partial charge on any atom is 0.335 e. The van der Waals surface area contributed by atoms with E-state index in [2.05, 4.69) is 35.0 Å². The molecule has 3 aliphatic rings. The number of hydrogen-bond donors (Lipinski definition) is 4. The number of carboxylic acid groups (broad SMARTS) is 1. The van der Waals surface area contributed by atoms with Crippen molar-refractivity contribution >= 4 is 11.9 Å². The number of amides is 1. The number of aliphatic hydroxyl groups is 2. The molecule has 2 fully saturated rings. The number of likely N-dealkylation sites (N-methyl/N-ethyl adjacent to an activating group) is 1. The van der Waals surface area contributed by atoms with Gasteiger partial charge in [-0.1, -0.05) is 32.0 Å². The van der Waals surface area contributed by atoms with Gasteiger partial charge in [0.25, 0.3) is 5.91 Å². The molecule has 3 unspecified atom stereocenters. The summed E-state index contributed by atoms with van der Waals surface area (Å²) in [5.41, 5.74) is 4.14. The predicted octanol–water partition coefficient (Wildman–Crippen LogP) is 1.72. The molecule has 11 heteroatoms. The van der Waals surface area contributed by atoms with Crippen molar-refractivity contribution in [2.75, 3.05) is 33.2 Å². The second kappa shape index (κ2) is 11.9. The van der Waals surface area contributed by atoms with Gasteiger partial charge in [0.15, 0.2) is 6.10 Å². The van der Waals surface area contributed by atoms with E-state index in [0.29, 0.717) is 18.7 Å². The summed E-state index contributed by atoms with van der Waals surface area (Å²) in [7, 11) is 2.13. The van der Waals surface area contributed by atoms with E-state index in [1.165, 1.54) is 11.6 Å². The van der Waals surface area contributed by atoms with Gasteiger partial charge in [-0.25, -0.2) is 4.79 Å². The number of piperazine rings is 1. The first-order valence-electron chi connectivity index (χ1n) is 14.1. The van der Waals surface area contributed by atoms with Crippen LogP contribution in [0.25, 0.3) is 0 Å². The van der Waals surface area contributed by atoms with Crippen molar-refractivity contribution in [1.29, 1.82) is 0 Å². The normalized spacial score (nSPS) is 25.4. The molecule has 0 radical (unpaired) electrons. The molecule has 0 aliphatic carbocycles. The molecule has 4 atom stereocenters. The minimum Gasteiger partial charge on any atom is -0.508 e. The van der Waals surface area contributed by atoms with Gasteiger partial charge in [-0.3, -0.25) is 9.69 Å². The number of nitrogens with zero attached hydrogens (tertiary/aromatic N) is 3. The monoisotopic (exact) mass is 569 g/mol. The first kappa shape index (κ1) is 29.3. The highest BCUT2D eigenvalue weighted by Crippen LogP contribution is 2.37. The van der Waals surface area contributed by atoms with Gasteiger partial charge < -0.3 is 39.7 Å². The van der Waals surface area contributed by atoms with E-state index < -0.39 is 30.6 Å². The Labute approximate surface area is 239 Å². The summed E-state index contributed by atoms with van der Waals surface area (Å²) in [6, 6.07) is 9.30. The van der Waals surface area contributed by atoms with Crippen molar-refractivity contribution in [2.24, 2.45) is 0 Å². The van der Waals surface area contributed by atoms with Crippen molar-refractivity contribution in [3.05, 3.63) is 58.1 Å². The number of hydrogen-bond acceptors (Lipinski definition) is 9. The largest absolute Gasteiger partial charge is 0.508 e. The number of carbonyl (C=O) groups is 2. The van der Waals surface area contributed by atoms with Crippen LogP contribution < -0.4 is 4.74 Å². The molecule has 4 N–H and O–H groups in total. The zero-order valence-corrected chi connectivity index (χ0v) is 23.7. The van der Waals surface area contributed by atoms with E-state index in [1.807, 2.05) is 13.8 Å². The lowest BCUT2D eigenvalue weighted by molar-refractivity contribution is -0.228. The fourth-order valence-electron chi connectivity index (χ4n) is 5.70.